The first-order valence-electron chi connectivity index (χ1n) is 24.3. The van der Waals surface area contributed by atoms with Crippen molar-refractivity contribution in [3.8, 4) is 33.4 Å². The van der Waals surface area contributed by atoms with E-state index in [1.807, 2.05) is 50.6 Å². The Hall–Kier alpha value is -7.50. The highest BCUT2D eigenvalue weighted by Crippen LogP contribution is 2.36. The molecule has 11 rings (SSSR count). The topological polar surface area (TPSA) is 94.1 Å². The minimum Gasteiger partial charge on any atom is -0.399 e. The van der Waals surface area contributed by atoms with Crippen molar-refractivity contribution in [2.75, 3.05) is 10.6 Å². The number of benzene rings is 6. The molecule has 1 saturated heterocycles. The van der Waals surface area contributed by atoms with Gasteiger partial charge in [-0.3, -0.25) is 9.97 Å². The number of fused-ring (bicyclic) bond motifs is 2. The van der Waals surface area contributed by atoms with Gasteiger partial charge in [-0.05, 0) is 186 Å². The molecule has 0 spiro atoms. The van der Waals surface area contributed by atoms with Crippen molar-refractivity contribution < 1.29 is 9.31 Å². The lowest BCUT2D eigenvalue weighted by molar-refractivity contribution is 0.00578. The van der Waals surface area contributed by atoms with Gasteiger partial charge in [-0.25, -0.2) is 9.97 Å². The standard InChI is InChI=1S/C28H23N3.C22H17BrN2.C12H18BNO2/c1-20-16-26(12-14-29-20)23-8-6-21(7-9-23)19-31-28-18-27(13-15-30-28)25-11-10-22-4-2-3-5-24(22)17-25;23-21-9-5-16(6-10-21)15-25-22-14-20(11-12-24-22)19-8-7-17-3-1-2-4-18(17)13-19;1-9-8-10(6-7-14-9)13-15-11(2,3)12(4,5)16-13/h2-18H,19H2,1H3,(H,30,31);1-14H,15H2,(H,24,25);6-8H,1-5H3. The van der Waals surface area contributed by atoms with E-state index in [0.717, 1.165) is 51.6 Å². The number of pyridine rings is 4. The Labute approximate surface area is 432 Å². The SMILES string of the molecule is Brc1ccc(CNc2cc(-c3ccc4ccccc4c3)ccn2)cc1.Cc1cc(-c2ccc(CNc3cc(-c4ccc5ccccc5c4)ccn3)cc2)ccn1.Cc1cc(B2OC(C)(C)C(C)(C)O2)ccn1. The molecule has 1 aliphatic rings. The maximum atomic E-state index is 5.96. The molecule has 8 nitrogen and oxygen atoms in total. The van der Waals surface area contributed by atoms with Gasteiger partial charge in [0, 0.05) is 53.7 Å². The van der Waals surface area contributed by atoms with Crippen LogP contribution in [-0.2, 0) is 22.4 Å². The van der Waals surface area contributed by atoms with Crippen molar-refractivity contribution in [2.45, 2.75) is 65.8 Å². The fraction of sp³-hybridized carbons (Fsp3) is 0.161. The Morgan fingerprint density at radius 2 is 0.819 bits per heavy atom. The van der Waals surface area contributed by atoms with Crippen LogP contribution in [0.2, 0.25) is 0 Å². The van der Waals surface area contributed by atoms with E-state index in [-0.39, 0.29) is 18.3 Å². The fourth-order valence-corrected chi connectivity index (χ4v) is 8.64. The summed E-state index contributed by atoms with van der Waals surface area (Å²) in [5.41, 5.74) is 12.0. The third-order valence-corrected chi connectivity index (χ3v) is 13.7. The summed E-state index contributed by atoms with van der Waals surface area (Å²) in [5, 5.41) is 11.9. The van der Waals surface area contributed by atoms with Gasteiger partial charge in [-0.15, -0.1) is 0 Å². The van der Waals surface area contributed by atoms with Gasteiger partial charge in [0.2, 0.25) is 0 Å². The van der Waals surface area contributed by atoms with Crippen LogP contribution in [0.15, 0.2) is 211 Å². The fourth-order valence-electron chi connectivity index (χ4n) is 8.37. The molecule has 0 atom stereocenters. The maximum Gasteiger partial charge on any atom is 0.494 e. The highest BCUT2D eigenvalue weighted by Gasteiger charge is 2.51. The van der Waals surface area contributed by atoms with Crippen LogP contribution in [0.1, 0.15) is 50.2 Å². The molecule has 0 bridgehead atoms. The first-order valence-corrected chi connectivity index (χ1v) is 25.1. The molecule has 1 fully saturated rings. The van der Waals surface area contributed by atoms with E-state index in [2.05, 4.69) is 238 Å². The van der Waals surface area contributed by atoms with E-state index in [1.165, 1.54) is 60.5 Å². The van der Waals surface area contributed by atoms with Crippen molar-refractivity contribution in [3.05, 3.63) is 234 Å². The molecule has 0 saturated carbocycles. The van der Waals surface area contributed by atoms with Crippen LogP contribution in [0.5, 0.6) is 0 Å². The number of halogens is 1. The molecule has 6 aromatic carbocycles. The van der Waals surface area contributed by atoms with Gasteiger partial charge in [0.05, 0.1) is 11.2 Å². The molecule has 72 heavy (non-hydrogen) atoms. The van der Waals surface area contributed by atoms with Gasteiger partial charge < -0.3 is 19.9 Å². The average Bonchev–Trinajstić information content (AvgIpc) is 3.63. The van der Waals surface area contributed by atoms with Crippen LogP contribution in [0.3, 0.4) is 0 Å². The van der Waals surface area contributed by atoms with E-state index in [1.54, 1.807) is 6.20 Å². The smallest absolute Gasteiger partial charge is 0.399 e. The largest absolute Gasteiger partial charge is 0.494 e. The van der Waals surface area contributed by atoms with Crippen molar-refractivity contribution >= 4 is 61.7 Å². The molecule has 358 valence electrons. The predicted octanol–water partition coefficient (Wildman–Crippen LogP) is 14.8. The van der Waals surface area contributed by atoms with E-state index in [4.69, 9.17) is 9.31 Å². The third-order valence-electron chi connectivity index (χ3n) is 13.2. The number of aromatic nitrogens is 4. The van der Waals surface area contributed by atoms with Gasteiger partial charge in [-0.2, -0.15) is 0 Å². The number of aryl methyl sites for hydroxylation is 2. The van der Waals surface area contributed by atoms with Crippen LogP contribution in [0.25, 0.3) is 54.9 Å². The zero-order chi connectivity index (χ0) is 50.1. The van der Waals surface area contributed by atoms with Gasteiger partial charge in [0.1, 0.15) is 11.6 Å². The Balaban J connectivity index is 0.000000140. The summed E-state index contributed by atoms with van der Waals surface area (Å²) in [6, 6.07) is 63.3. The Kier molecular flexibility index (Phi) is 15.3. The van der Waals surface area contributed by atoms with Crippen molar-refractivity contribution in [1.29, 1.82) is 0 Å². The molecule has 0 unspecified atom stereocenters. The van der Waals surface area contributed by atoms with Crippen LogP contribution in [0, 0.1) is 13.8 Å². The number of nitrogens with zero attached hydrogens (tertiary/aromatic N) is 4. The van der Waals surface area contributed by atoms with Crippen molar-refractivity contribution in [3.63, 3.8) is 0 Å². The lowest BCUT2D eigenvalue weighted by Crippen LogP contribution is -2.41. The van der Waals surface area contributed by atoms with Crippen molar-refractivity contribution in [2.24, 2.45) is 0 Å². The minimum absolute atomic E-state index is 0.283. The molecular weight excluding hydrogens is 951 g/mol. The molecule has 5 heterocycles. The number of anilines is 2. The summed E-state index contributed by atoms with van der Waals surface area (Å²) in [6.07, 6.45) is 7.36. The third kappa shape index (κ3) is 12.5. The first kappa shape index (κ1) is 49.5. The normalized spacial score (nSPS) is 13.4. The van der Waals surface area contributed by atoms with Gasteiger partial charge >= 0.3 is 7.12 Å². The van der Waals surface area contributed by atoms with E-state index in [9.17, 15) is 0 Å². The Bertz CT molecular complexity index is 3420. The second-order valence-corrected chi connectivity index (χ2v) is 19.9. The van der Waals surface area contributed by atoms with E-state index < -0.39 is 0 Å². The molecule has 0 amide bonds. The molecule has 0 radical (unpaired) electrons. The summed E-state index contributed by atoms with van der Waals surface area (Å²) < 4.78 is 13.0. The molecule has 10 heteroatoms. The summed E-state index contributed by atoms with van der Waals surface area (Å²) in [6.45, 7) is 13.7. The lowest BCUT2D eigenvalue weighted by Gasteiger charge is -2.32. The van der Waals surface area contributed by atoms with E-state index >= 15 is 0 Å². The van der Waals surface area contributed by atoms with Crippen LogP contribution < -0.4 is 16.1 Å². The second kappa shape index (κ2) is 22.3. The number of hydrogen-bond acceptors (Lipinski definition) is 8. The summed E-state index contributed by atoms with van der Waals surface area (Å²) in [7, 11) is -0.285. The number of hydrogen-bond donors (Lipinski definition) is 2. The Morgan fingerprint density at radius 3 is 1.31 bits per heavy atom. The van der Waals surface area contributed by atoms with Gasteiger partial charge in [-0.1, -0.05) is 125 Å². The summed E-state index contributed by atoms with van der Waals surface area (Å²) in [4.78, 5) is 17.4. The molecule has 10 aromatic rings. The average molecular weight is 1010 g/mol. The maximum absolute atomic E-state index is 5.96. The molecule has 2 N–H and O–H groups in total. The molecule has 0 aliphatic carbocycles. The minimum atomic E-state index is -0.285. The van der Waals surface area contributed by atoms with Crippen LogP contribution >= 0.6 is 15.9 Å². The second-order valence-electron chi connectivity index (χ2n) is 19.0. The van der Waals surface area contributed by atoms with Crippen LogP contribution in [-0.4, -0.2) is 38.3 Å². The molecule has 1 aliphatic heterocycles. The van der Waals surface area contributed by atoms with Gasteiger partial charge in [0.25, 0.3) is 0 Å². The predicted molar refractivity (Wildman–Crippen MR) is 302 cm³/mol. The molecule has 4 aromatic heterocycles. The lowest BCUT2D eigenvalue weighted by atomic mass is 9.79. The number of nitrogens with one attached hydrogen (secondary N) is 2. The highest BCUT2D eigenvalue weighted by molar-refractivity contribution is 9.10. The summed E-state index contributed by atoms with van der Waals surface area (Å²) >= 11 is 3.46. The zero-order valence-electron chi connectivity index (χ0n) is 41.6. The van der Waals surface area contributed by atoms with Crippen molar-refractivity contribution in [1.82, 2.24) is 19.9 Å². The highest BCUT2D eigenvalue weighted by atomic mass is 79.9. The molecular formula is C62H58BBrN6O2. The van der Waals surface area contributed by atoms with Crippen LogP contribution in [0.4, 0.5) is 11.6 Å². The quantitative estimate of drug-likeness (QED) is 0.131. The zero-order valence-corrected chi connectivity index (χ0v) is 43.2. The van der Waals surface area contributed by atoms with E-state index in [0.29, 0.717) is 0 Å². The van der Waals surface area contributed by atoms with Gasteiger partial charge in [0.15, 0.2) is 0 Å². The first-order chi connectivity index (χ1) is 34.8. The summed E-state index contributed by atoms with van der Waals surface area (Å²) in [5.74, 6) is 1.76. The number of rotatable bonds is 10. The monoisotopic (exact) mass is 1010 g/mol. The Morgan fingerprint density at radius 1 is 0.417 bits per heavy atom.